The average Bonchev–Trinajstić information content (AvgIpc) is 3.49. The minimum Gasteiger partial charge on any atom is -0.289 e. The van der Waals surface area contributed by atoms with Crippen LogP contribution in [0.4, 0.5) is 11.4 Å². The van der Waals surface area contributed by atoms with Crippen LogP contribution in [-0.4, -0.2) is 35.2 Å². The number of carbonyl (C=O) groups is 6. The molecule has 3 aromatic rings. The summed E-state index contributed by atoms with van der Waals surface area (Å²) in [6.07, 6.45) is 6.85. The Kier molecular flexibility index (Phi) is 7.41. The smallest absolute Gasteiger partial charge is 0.234 e. The van der Waals surface area contributed by atoms with Gasteiger partial charge in [-0.15, -0.1) is 0 Å². The maximum atomic E-state index is 12.7. The maximum Gasteiger partial charge on any atom is 0.234 e. The van der Waals surface area contributed by atoms with Crippen LogP contribution in [0, 0.1) is 0 Å². The first-order chi connectivity index (χ1) is 19.3. The number of imide groups is 2. The van der Waals surface area contributed by atoms with Crippen LogP contribution in [0.25, 0.3) is 12.2 Å². The minimum absolute atomic E-state index is 0.173. The molecule has 2 fully saturated rings. The van der Waals surface area contributed by atoms with E-state index in [0.717, 1.165) is 20.9 Å². The molecule has 0 unspecified atom stereocenters. The first kappa shape index (κ1) is 26.4. The summed E-state index contributed by atoms with van der Waals surface area (Å²) in [6, 6.07) is 20.1. The van der Waals surface area contributed by atoms with Gasteiger partial charge in [-0.25, -0.2) is 0 Å². The van der Waals surface area contributed by atoms with E-state index in [-0.39, 0.29) is 60.9 Å². The van der Waals surface area contributed by atoms with Crippen LogP contribution >= 0.6 is 0 Å². The van der Waals surface area contributed by atoms with Crippen molar-refractivity contribution in [3.8, 4) is 0 Å². The molecule has 40 heavy (non-hydrogen) atoms. The molecule has 0 aliphatic carbocycles. The van der Waals surface area contributed by atoms with Crippen molar-refractivity contribution in [2.24, 2.45) is 0 Å². The van der Waals surface area contributed by atoms with Gasteiger partial charge in [0, 0.05) is 36.8 Å². The molecule has 0 N–H and O–H groups in total. The third kappa shape index (κ3) is 5.61. The molecule has 0 atom stereocenters. The zero-order valence-electron chi connectivity index (χ0n) is 21.4. The van der Waals surface area contributed by atoms with Crippen LogP contribution in [0.5, 0.6) is 0 Å². The quantitative estimate of drug-likeness (QED) is 0.235. The number of hydrogen-bond acceptors (Lipinski definition) is 6. The summed E-state index contributed by atoms with van der Waals surface area (Å²) in [7, 11) is 0. The van der Waals surface area contributed by atoms with E-state index in [2.05, 4.69) is 0 Å². The Hall–Kier alpha value is -5.24. The zero-order chi connectivity index (χ0) is 28.2. The van der Waals surface area contributed by atoms with Crippen LogP contribution in [0.15, 0.2) is 84.9 Å². The molecule has 2 saturated heterocycles. The SMILES string of the molecule is O=C(/C=C/c1ccc(/C=C/C(=O)c2cccc(N3C(=O)CCC3=O)c2)cc1)c1cccc(N2C(=O)CCC2=O)c1. The summed E-state index contributed by atoms with van der Waals surface area (Å²) in [4.78, 5) is 75.7. The largest absolute Gasteiger partial charge is 0.289 e. The van der Waals surface area contributed by atoms with Gasteiger partial charge in [-0.05, 0) is 47.5 Å². The lowest BCUT2D eigenvalue weighted by molar-refractivity contribution is -0.122. The van der Waals surface area contributed by atoms with Gasteiger partial charge >= 0.3 is 0 Å². The first-order valence-electron chi connectivity index (χ1n) is 12.8. The molecule has 4 amide bonds. The summed E-state index contributed by atoms with van der Waals surface area (Å²) in [6.45, 7) is 0. The van der Waals surface area contributed by atoms with E-state index in [4.69, 9.17) is 0 Å². The Bertz CT molecular complexity index is 1460. The lowest BCUT2D eigenvalue weighted by Crippen LogP contribution is -2.28. The topological polar surface area (TPSA) is 109 Å². The molecule has 0 aromatic heterocycles. The molecular weight excluding hydrogens is 508 g/mol. The average molecular weight is 533 g/mol. The maximum absolute atomic E-state index is 12.7. The van der Waals surface area contributed by atoms with E-state index < -0.39 is 0 Å². The van der Waals surface area contributed by atoms with Crippen molar-refractivity contribution in [1.29, 1.82) is 0 Å². The second-order valence-electron chi connectivity index (χ2n) is 9.41. The van der Waals surface area contributed by atoms with Gasteiger partial charge in [0.25, 0.3) is 0 Å². The molecule has 3 aromatic carbocycles. The number of amides is 4. The molecular formula is C32H24N2O6. The number of ketones is 2. The number of benzene rings is 3. The van der Waals surface area contributed by atoms with Crippen molar-refractivity contribution in [3.05, 3.63) is 107 Å². The summed E-state index contributed by atoms with van der Waals surface area (Å²) in [5, 5.41) is 0. The molecule has 5 rings (SSSR count). The Morgan fingerprint density at radius 3 is 1.23 bits per heavy atom. The van der Waals surface area contributed by atoms with Crippen molar-refractivity contribution in [3.63, 3.8) is 0 Å². The summed E-state index contributed by atoms with van der Waals surface area (Å²) in [5.74, 6) is -1.63. The van der Waals surface area contributed by atoms with E-state index in [0.29, 0.717) is 22.5 Å². The predicted molar refractivity (Wildman–Crippen MR) is 150 cm³/mol. The first-order valence-corrected chi connectivity index (χ1v) is 12.8. The summed E-state index contributed by atoms with van der Waals surface area (Å²) in [5.41, 5.74) is 3.05. The highest BCUT2D eigenvalue weighted by Gasteiger charge is 2.31. The third-order valence-corrected chi connectivity index (χ3v) is 6.67. The van der Waals surface area contributed by atoms with Gasteiger partial charge in [0.2, 0.25) is 23.6 Å². The van der Waals surface area contributed by atoms with Crippen molar-refractivity contribution in [2.75, 3.05) is 9.80 Å². The molecule has 2 aliphatic heterocycles. The van der Waals surface area contributed by atoms with E-state index >= 15 is 0 Å². The van der Waals surface area contributed by atoms with E-state index in [9.17, 15) is 28.8 Å². The van der Waals surface area contributed by atoms with Crippen molar-refractivity contribution in [2.45, 2.75) is 25.7 Å². The lowest BCUT2D eigenvalue weighted by atomic mass is 10.1. The standard InChI is InChI=1S/C32H24N2O6/c35-27(23-3-1-5-25(19-23)33-29(37)15-16-30(33)38)13-11-21-7-9-22(10-8-21)12-14-28(36)24-4-2-6-26(20-24)34-31(39)17-18-32(34)40/h1-14,19-20H,15-18H2/b13-11+,14-12+. The fraction of sp³-hybridized carbons (Fsp3) is 0.125. The lowest BCUT2D eigenvalue weighted by Gasteiger charge is -2.14. The van der Waals surface area contributed by atoms with Gasteiger partial charge in [0.05, 0.1) is 11.4 Å². The number of rotatable bonds is 8. The van der Waals surface area contributed by atoms with Crippen molar-refractivity contribution < 1.29 is 28.8 Å². The van der Waals surface area contributed by atoms with Crippen molar-refractivity contribution >= 4 is 58.7 Å². The van der Waals surface area contributed by atoms with Crippen molar-refractivity contribution in [1.82, 2.24) is 0 Å². The molecule has 2 aliphatic rings. The number of hydrogen-bond donors (Lipinski definition) is 0. The Balaban J connectivity index is 1.22. The van der Waals surface area contributed by atoms with E-state index in [1.807, 2.05) is 0 Å². The fourth-order valence-corrected chi connectivity index (χ4v) is 4.58. The molecule has 0 spiro atoms. The van der Waals surface area contributed by atoms with Gasteiger partial charge in [0.15, 0.2) is 11.6 Å². The molecule has 198 valence electrons. The fourth-order valence-electron chi connectivity index (χ4n) is 4.58. The van der Waals surface area contributed by atoms with Gasteiger partial charge < -0.3 is 0 Å². The van der Waals surface area contributed by atoms with Crippen LogP contribution in [0.1, 0.15) is 57.5 Å². The molecule has 0 radical (unpaired) electrons. The Morgan fingerprint density at radius 1 is 0.525 bits per heavy atom. The van der Waals surface area contributed by atoms with Gasteiger partial charge in [0.1, 0.15) is 0 Å². The molecule has 8 heteroatoms. The van der Waals surface area contributed by atoms with Crippen LogP contribution in [0.2, 0.25) is 0 Å². The normalized spacial score (nSPS) is 15.7. The predicted octanol–water partition coefficient (Wildman–Crippen LogP) is 4.79. The molecule has 8 nitrogen and oxygen atoms in total. The van der Waals surface area contributed by atoms with Gasteiger partial charge in [-0.1, -0.05) is 60.7 Å². The second-order valence-corrected chi connectivity index (χ2v) is 9.41. The highest BCUT2D eigenvalue weighted by molar-refractivity contribution is 6.21. The Labute approximate surface area is 230 Å². The number of allylic oxidation sites excluding steroid dienone is 2. The number of carbonyl (C=O) groups excluding carboxylic acids is 6. The molecule has 2 heterocycles. The monoisotopic (exact) mass is 532 g/mol. The van der Waals surface area contributed by atoms with Crippen LogP contribution in [-0.2, 0) is 19.2 Å². The van der Waals surface area contributed by atoms with Crippen LogP contribution < -0.4 is 9.80 Å². The Morgan fingerprint density at radius 2 is 0.875 bits per heavy atom. The third-order valence-electron chi connectivity index (χ3n) is 6.67. The van der Waals surface area contributed by atoms with E-state index in [1.54, 1.807) is 72.8 Å². The van der Waals surface area contributed by atoms with Gasteiger partial charge in [-0.2, -0.15) is 0 Å². The number of nitrogens with zero attached hydrogens (tertiary/aromatic N) is 2. The highest BCUT2D eigenvalue weighted by atomic mass is 16.2. The summed E-state index contributed by atoms with van der Waals surface area (Å²) >= 11 is 0. The second kappa shape index (κ2) is 11.2. The highest BCUT2D eigenvalue weighted by Crippen LogP contribution is 2.25. The van der Waals surface area contributed by atoms with Crippen LogP contribution in [0.3, 0.4) is 0 Å². The van der Waals surface area contributed by atoms with E-state index in [1.165, 1.54) is 24.3 Å². The molecule has 0 bridgehead atoms. The van der Waals surface area contributed by atoms with Gasteiger partial charge in [-0.3, -0.25) is 38.6 Å². The number of anilines is 2. The minimum atomic E-state index is -0.274. The summed E-state index contributed by atoms with van der Waals surface area (Å²) < 4.78 is 0. The molecule has 0 saturated carbocycles. The zero-order valence-corrected chi connectivity index (χ0v) is 21.4.